The molecule has 1 unspecified atom stereocenters. The summed E-state index contributed by atoms with van der Waals surface area (Å²) in [5.74, 6) is -4.77. The molecule has 0 aromatic heterocycles. The normalized spacial score (nSPS) is 12.9. The quantitative estimate of drug-likeness (QED) is 0.106. The molecular formula is C38H37F5N2O5S. The van der Waals surface area contributed by atoms with Gasteiger partial charge in [0.2, 0.25) is 5.91 Å². The van der Waals surface area contributed by atoms with Crippen LogP contribution < -0.4 is 10.6 Å². The Hall–Kier alpha value is -4.88. The maximum atomic E-state index is 15.4. The first-order chi connectivity index (χ1) is 23.7. The van der Waals surface area contributed by atoms with Gasteiger partial charge in [0, 0.05) is 23.7 Å². The number of halogens is 5. The van der Waals surface area contributed by atoms with Crippen LogP contribution in [0.4, 0.5) is 27.6 Å². The number of allylic oxidation sites excluding steroid dienone is 1. The SMILES string of the molecule is Cc1cc(C(F)(F)F)ccc1-c1cc(F)c(NC(=O)C(Cc2ccc(C(=O)NCCS(=O)(=O)O)cc2)c2ccc(C=CC(C)(C)C)cc2)cc1F. The van der Waals surface area contributed by atoms with Crippen LogP contribution in [-0.4, -0.2) is 37.1 Å². The molecule has 13 heteroatoms. The van der Waals surface area contributed by atoms with Crippen molar-refractivity contribution in [2.45, 2.75) is 46.2 Å². The third-order valence-electron chi connectivity index (χ3n) is 7.89. The number of carbonyl (C=O) groups excluding carboxylic acids is 2. The number of rotatable bonds is 11. The van der Waals surface area contributed by atoms with E-state index in [9.17, 15) is 31.2 Å². The molecule has 4 rings (SSSR count). The highest BCUT2D eigenvalue weighted by atomic mass is 32.2. The second-order valence-corrected chi connectivity index (χ2v) is 14.8. The van der Waals surface area contributed by atoms with Gasteiger partial charge in [-0.2, -0.15) is 21.6 Å². The van der Waals surface area contributed by atoms with E-state index < -0.39 is 62.7 Å². The maximum Gasteiger partial charge on any atom is 0.416 e. The van der Waals surface area contributed by atoms with E-state index >= 15 is 8.78 Å². The van der Waals surface area contributed by atoms with Crippen LogP contribution in [0.5, 0.6) is 0 Å². The summed E-state index contributed by atoms with van der Waals surface area (Å²) in [7, 11) is -4.25. The average molecular weight is 729 g/mol. The minimum atomic E-state index is -4.61. The molecule has 0 aliphatic heterocycles. The highest BCUT2D eigenvalue weighted by Gasteiger charge is 2.31. The monoisotopic (exact) mass is 728 g/mol. The van der Waals surface area contributed by atoms with Gasteiger partial charge in [-0.05, 0) is 76.9 Å². The minimum Gasteiger partial charge on any atom is -0.351 e. The highest BCUT2D eigenvalue weighted by Crippen LogP contribution is 2.36. The number of nitrogens with one attached hydrogen (secondary N) is 2. The third-order valence-corrected chi connectivity index (χ3v) is 8.61. The van der Waals surface area contributed by atoms with E-state index in [-0.39, 0.29) is 40.6 Å². The van der Waals surface area contributed by atoms with Crippen molar-refractivity contribution in [2.75, 3.05) is 17.6 Å². The van der Waals surface area contributed by atoms with Crippen molar-refractivity contribution in [1.82, 2.24) is 5.32 Å². The summed E-state index contributed by atoms with van der Waals surface area (Å²) in [6, 6.07) is 17.6. The van der Waals surface area contributed by atoms with Gasteiger partial charge in [-0.15, -0.1) is 0 Å². The Morgan fingerprint density at radius 1 is 0.863 bits per heavy atom. The van der Waals surface area contributed by atoms with E-state index in [4.69, 9.17) is 4.55 Å². The number of aryl methyl sites for hydroxylation is 1. The van der Waals surface area contributed by atoms with E-state index in [1.54, 1.807) is 24.3 Å². The molecule has 0 fully saturated rings. The van der Waals surface area contributed by atoms with Gasteiger partial charge in [0.25, 0.3) is 16.0 Å². The standard InChI is InChI=1S/C38H37F5N2O5S/c1-23-19-28(38(41,42)43)13-14-29(23)31-21-33(40)34(22-32(31)39)45-36(47)30(26-9-5-24(6-10-26)15-16-37(2,3)4)20-25-7-11-27(12-8-25)35(46)44-17-18-51(48,49)50/h5-16,19,21-22,30H,17-18,20H2,1-4H3,(H,44,46)(H,45,47)(H,48,49,50). The fourth-order valence-electron chi connectivity index (χ4n) is 5.18. The van der Waals surface area contributed by atoms with Crippen molar-refractivity contribution < 1.29 is 44.5 Å². The van der Waals surface area contributed by atoms with E-state index in [0.29, 0.717) is 11.1 Å². The Bertz CT molecular complexity index is 2040. The number of amides is 2. The van der Waals surface area contributed by atoms with E-state index in [2.05, 4.69) is 10.6 Å². The van der Waals surface area contributed by atoms with Gasteiger partial charge in [-0.3, -0.25) is 14.1 Å². The van der Waals surface area contributed by atoms with Crippen LogP contribution >= 0.6 is 0 Å². The second-order valence-electron chi connectivity index (χ2n) is 13.2. The number of carbonyl (C=O) groups is 2. The lowest BCUT2D eigenvalue weighted by atomic mass is 9.89. The molecule has 0 saturated heterocycles. The van der Waals surface area contributed by atoms with Crippen molar-refractivity contribution in [1.29, 1.82) is 0 Å². The molecule has 1 atom stereocenters. The molecule has 51 heavy (non-hydrogen) atoms. The summed E-state index contributed by atoms with van der Waals surface area (Å²) in [4.78, 5) is 26.2. The van der Waals surface area contributed by atoms with Gasteiger partial charge in [-0.1, -0.05) is 75.4 Å². The maximum absolute atomic E-state index is 15.4. The molecule has 4 aromatic carbocycles. The lowest BCUT2D eigenvalue weighted by Gasteiger charge is -2.19. The average Bonchev–Trinajstić information content (AvgIpc) is 3.03. The second kappa shape index (κ2) is 15.6. The smallest absolute Gasteiger partial charge is 0.351 e. The first kappa shape index (κ1) is 38.9. The number of hydrogen-bond donors (Lipinski definition) is 3. The molecule has 0 radical (unpaired) electrons. The molecule has 0 heterocycles. The summed E-state index contributed by atoms with van der Waals surface area (Å²) >= 11 is 0. The summed E-state index contributed by atoms with van der Waals surface area (Å²) in [5.41, 5.74) is 0.671. The van der Waals surface area contributed by atoms with E-state index in [1.807, 2.05) is 45.1 Å². The molecule has 0 bridgehead atoms. The van der Waals surface area contributed by atoms with Gasteiger partial charge < -0.3 is 10.6 Å². The van der Waals surface area contributed by atoms with Crippen LogP contribution in [0.25, 0.3) is 17.2 Å². The van der Waals surface area contributed by atoms with E-state index in [1.165, 1.54) is 19.1 Å². The van der Waals surface area contributed by atoms with Crippen LogP contribution in [0.2, 0.25) is 0 Å². The largest absolute Gasteiger partial charge is 0.416 e. The van der Waals surface area contributed by atoms with E-state index in [0.717, 1.165) is 35.9 Å². The van der Waals surface area contributed by atoms with Crippen LogP contribution in [0.3, 0.4) is 0 Å². The van der Waals surface area contributed by atoms with Crippen molar-refractivity contribution in [3.05, 3.63) is 130 Å². The Labute approximate surface area is 293 Å². The lowest BCUT2D eigenvalue weighted by Crippen LogP contribution is -2.28. The van der Waals surface area contributed by atoms with Crippen molar-refractivity contribution in [3.63, 3.8) is 0 Å². The molecule has 0 aliphatic rings. The molecule has 2 amide bonds. The third kappa shape index (κ3) is 11.1. The van der Waals surface area contributed by atoms with Crippen molar-refractivity contribution in [2.24, 2.45) is 5.41 Å². The predicted octanol–water partition coefficient (Wildman–Crippen LogP) is 8.60. The van der Waals surface area contributed by atoms with Crippen molar-refractivity contribution >= 4 is 33.7 Å². The van der Waals surface area contributed by atoms with Gasteiger partial charge in [0.1, 0.15) is 11.6 Å². The Morgan fingerprint density at radius 2 is 1.51 bits per heavy atom. The summed E-state index contributed by atoms with van der Waals surface area (Å²) in [5, 5.41) is 4.85. The van der Waals surface area contributed by atoms with Gasteiger partial charge in [-0.25, -0.2) is 8.78 Å². The molecule has 0 saturated carbocycles. The van der Waals surface area contributed by atoms with Gasteiger partial charge in [0.05, 0.1) is 22.9 Å². The summed E-state index contributed by atoms with van der Waals surface area (Å²) in [6.45, 7) is 7.20. The first-order valence-corrected chi connectivity index (χ1v) is 17.4. The molecule has 0 aliphatic carbocycles. The first-order valence-electron chi connectivity index (χ1n) is 15.8. The number of alkyl halides is 3. The van der Waals surface area contributed by atoms with Crippen LogP contribution in [-0.2, 0) is 27.5 Å². The number of anilines is 1. The molecule has 4 aromatic rings. The molecule has 3 N–H and O–H groups in total. The predicted molar refractivity (Wildman–Crippen MR) is 187 cm³/mol. The topological polar surface area (TPSA) is 113 Å². The minimum absolute atomic E-state index is 0.0614. The Morgan fingerprint density at radius 3 is 2.08 bits per heavy atom. The zero-order chi connectivity index (χ0) is 37.7. The fourth-order valence-corrected chi connectivity index (χ4v) is 5.54. The number of benzene rings is 4. The fraction of sp³-hybridized carbons (Fsp3) is 0.263. The lowest BCUT2D eigenvalue weighted by molar-refractivity contribution is -0.137. The number of hydrogen-bond acceptors (Lipinski definition) is 4. The summed E-state index contributed by atoms with van der Waals surface area (Å²) in [6.07, 6.45) is -0.553. The Balaban J connectivity index is 1.61. The van der Waals surface area contributed by atoms with Crippen LogP contribution in [0.15, 0.2) is 84.9 Å². The zero-order valence-electron chi connectivity index (χ0n) is 28.2. The zero-order valence-corrected chi connectivity index (χ0v) is 29.1. The van der Waals surface area contributed by atoms with Crippen molar-refractivity contribution in [3.8, 4) is 11.1 Å². The highest BCUT2D eigenvalue weighted by molar-refractivity contribution is 7.85. The summed E-state index contributed by atoms with van der Waals surface area (Å²) < 4.78 is 101. The molecule has 7 nitrogen and oxygen atoms in total. The molecule has 270 valence electrons. The van der Waals surface area contributed by atoms with Crippen LogP contribution in [0.1, 0.15) is 64.9 Å². The Kier molecular flexibility index (Phi) is 11.9. The van der Waals surface area contributed by atoms with Gasteiger partial charge >= 0.3 is 6.18 Å². The van der Waals surface area contributed by atoms with Gasteiger partial charge in [0.15, 0.2) is 0 Å². The molecular weight excluding hydrogens is 691 g/mol. The molecule has 0 spiro atoms. The van der Waals surface area contributed by atoms with Crippen LogP contribution in [0, 0.1) is 24.0 Å².